The fourth-order valence-electron chi connectivity index (χ4n) is 2.41. The van der Waals surface area contributed by atoms with Gasteiger partial charge in [0.2, 0.25) is 0 Å². The fourth-order valence-corrected chi connectivity index (χ4v) is 2.82. The predicted molar refractivity (Wildman–Crippen MR) is 87.7 cm³/mol. The van der Waals surface area contributed by atoms with Crippen LogP contribution in [0.4, 0.5) is 4.39 Å². The molecule has 0 aliphatic carbocycles. The monoisotopic (exact) mass is 344 g/mol. The van der Waals surface area contributed by atoms with E-state index in [0.29, 0.717) is 6.04 Å². The zero-order chi connectivity index (χ0) is 15.0. The second kappa shape index (κ2) is 9.48. The van der Waals surface area contributed by atoms with Crippen molar-refractivity contribution < 1.29 is 4.39 Å². The summed E-state index contributed by atoms with van der Waals surface area (Å²) in [6, 6.07) is 5.30. The standard InChI is InChI=1S/C16H26BrFN2/c1-4-19-15(9-10-20(5-2)6-3)12-13-11-14(18)7-8-16(13)17/h7-8,11,15,19H,4-6,9-10,12H2,1-3H3. The Morgan fingerprint density at radius 1 is 1.25 bits per heavy atom. The van der Waals surface area contributed by atoms with Crippen LogP contribution in [0.3, 0.4) is 0 Å². The fraction of sp³-hybridized carbons (Fsp3) is 0.625. The van der Waals surface area contributed by atoms with Gasteiger partial charge in [0.05, 0.1) is 0 Å². The first-order valence-electron chi connectivity index (χ1n) is 7.50. The van der Waals surface area contributed by atoms with Gasteiger partial charge in [-0.05, 0) is 62.8 Å². The van der Waals surface area contributed by atoms with Gasteiger partial charge in [-0.1, -0.05) is 36.7 Å². The van der Waals surface area contributed by atoms with E-state index in [-0.39, 0.29) is 5.82 Å². The Bertz CT molecular complexity index is 394. The summed E-state index contributed by atoms with van der Waals surface area (Å²) in [7, 11) is 0. The van der Waals surface area contributed by atoms with Crippen molar-refractivity contribution in [1.29, 1.82) is 0 Å². The van der Waals surface area contributed by atoms with E-state index < -0.39 is 0 Å². The minimum atomic E-state index is -0.165. The lowest BCUT2D eigenvalue weighted by Gasteiger charge is -2.23. The van der Waals surface area contributed by atoms with Crippen LogP contribution >= 0.6 is 15.9 Å². The van der Waals surface area contributed by atoms with Crippen molar-refractivity contribution in [2.45, 2.75) is 39.7 Å². The minimum Gasteiger partial charge on any atom is -0.314 e. The van der Waals surface area contributed by atoms with Crippen molar-refractivity contribution >= 4 is 15.9 Å². The van der Waals surface area contributed by atoms with Crippen LogP contribution < -0.4 is 5.32 Å². The molecule has 1 N–H and O–H groups in total. The number of hydrogen-bond acceptors (Lipinski definition) is 2. The molecule has 0 aromatic heterocycles. The molecule has 0 aliphatic rings. The Morgan fingerprint density at radius 2 is 1.95 bits per heavy atom. The first-order chi connectivity index (χ1) is 9.60. The van der Waals surface area contributed by atoms with Crippen molar-refractivity contribution in [2.24, 2.45) is 0 Å². The molecule has 0 radical (unpaired) electrons. The molecular formula is C16H26BrFN2. The Labute approximate surface area is 130 Å². The average Bonchev–Trinajstić information content (AvgIpc) is 2.44. The minimum absolute atomic E-state index is 0.165. The van der Waals surface area contributed by atoms with Crippen molar-refractivity contribution in [1.82, 2.24) is 10.2 Å². The number of benzene rings is 1. The Morgan fingerprint density at radius 3 is 2.55 bits per heavy atom. The highest BCUT2D eigenvalue weighted by molar-refractivity contribution is 9.10. The first-order valence-corrected chi connectivity index (χ1v) is 8.29. The van der Waals surface area contributed by atoms with Crippen LogP contribution in [0.1, 0.15) is 32.8 Å². The van der Waals surface area contributed by atoms with Crippen LogP contribution in [0.15, 0.2) is 22.7 Å². The van der Waals surface area contributed by atoms with Gasteiger partial charge < -0.3 is 10.2 Å². The van der Waals surface area contributed by atoms with Crippen LogP contribution in [-0.2, 0) is 6.42 Å². The van der Waals surface area contributed by atoms with Crippen molar-refractivity contribution in [3.8, 4) is 0 Å². The van der Waals surface area contributed by atoms with Gasteiger partial charge in [0.1, 0.15) is 5.82 Å². The maximum absolute atomic E-state index is 13.4. The zero-order valence-corrected chi connectivity index (χ0v) is 14.3. The van der Waals surface area contributed by atoms with Crippen LogP contribution in [0.2, 0.25) is 0 Å². The van der Waals surface area contributed by atoms with E-state index >= 15 is 0 Å². The molecule has 0 fully saturated rings. The summed E-state index contributed by atoms with van der Waals surface area (Å²) in [5.74, 6) is -0.165. The molecule has 0 amide bonds. The molecule has 1 aromatic carbocycles. The lowest BCUT2D eigenvalue weighted by atomic mass is 10.0. The summed E-state index contributed by atoms with van der Waals surface area (Å²) >= 11 is 3.51. The highest BCUT2D eigenvalue weighted by Gasteiger charge is 2.12. The van der Waals surface area contributed by atoms with Crippen molar-refractivity contribution in [3.63, 3.8) is 0 Å². The van der Waals surface area contributed by atoms with E-state index in [0.717, 1.165) is 49.1 Å². The Balaban J connectivity index is 2.64. The van der Waals surface area contributed by atoms with Crippen molar-refractivity contribution in [3.05, 3.63) is 34.1 Å². The van der Waals surface area contributed by atoms with Gasteiger partial charge in [0.25, 0.3) is 0 Å². The third kappa shape index (κ3) is 5.90. The lowest BCUT2D eigenvalue weighted by Crippen LogP contribution is -2.35. The lowest BCUT2D eigenvalue weighted by molar-refractivity contribution is 0.281. The molecule has 1 aromatic rings. The number of hydrogen-bond donors (Lipinski definition) is 1. The molecule has 0 bridgehead atoms. The molecule has 114 valence electrons. The number of halogens is 2. The molecule has 0 heterocycles. The van der Waals surface area contributed by atoms with E-state index in [1.165, 1.54) is 6.07 Å². The molecule has 20 heavy (non-hydrogen) atoms. The topological polar surface area (TPSA) is 15.3 Å². The smallest absolute Gasteiger partial charge is 0.123 e. The van der Waals surface area contributed by atoms with Gasteiger partial charge >= 0.3 is 0 Å². The number of nitrogens with one attached hydrogen (secondary N) is 1. The molecule has 0 spiro atoms. The third-order valence-electron chi connectivity index (χ3n) is 3.66. The van der Waals surface area contributed by atoms with E-state index in [2.05, 4.69) is 46.9 Å². The summed E-state index contributed by atoms with van der Waals surface area (Å²) in [6.45, 7) is 10.7. The third-order valence-corrected chi connectivity index (χ3v) is 4.43. The van der Waals surface area contributed by atoms with Gasteiger partial charge in [-0.15, -0.1) is 0 Å². The number of rotatable bonds is 9. The zero-order valence-electron chi connectivity index (χ0n) is 12.8. The van der Waals surface area contributed by atoms with E-state index in [4.69, 9.17) is 0 Å². The summed E-state index contributed by atoms with van der Waals surface area (Å²) < 4.78 is 14.3. The first kappa shape index (κ1) is 17.6. The van der Waals surface area contributed by atoms with Gasteiger partial charge in [-0.2, -0.15) is 0 Å². The van der Waals surface area contributed by atoms with E-state index in [1.54, 1.807) is 12.1 Å². The second-order valence-electron chi connectivity index (χ2n) is 5.01. The molecule has 4 heteroatoms. The predicted octanol–water partition coefficient (Wildman–Crippen LogP) is 3.84. The maximum Gasteiger partial charge on any atom is 0.123 e. The van der Waals surface area contributed by atoms with E-state index in [1.807, 2.05) is 0 Å². The summed E-state index contributed by atoms with van der Waals surface area (Å²) in [5.41, 5.74) is 1.04. The molecule has 0 saturated heterocycles. The second-order valence-corrected chi connectivity index (χ2v) is 5.86. The number of likely N-dealkylation sites (N-methyl/N-ethyl adjacent to an activating group) is 1. The SMILES string of the molecule is CCNC(CCN(CC)CC)Cc1cc(F)ccc1Br. The molecule has 1 rings (SSSR count). The van der Waals surface area contributed by atoms with Gasteiger partial charge in [0.15, 0.2) is 0 Å². The molecule has 0 aliphatic heterocycles. The van der Waals surface area contributed by atoms with Gasteiger partial charge in [0, 0.05) is 10.5 Å². The van der Waals surface area contributed by atoms with Crippen LogP contribution in [0.5, 0.6) is 0 Å². The van der Waals surface area contributed by atoms with Crippen molar-refractivity contribution in [2.75, 3.05) is 26.2 Å². The summed E-state index contributed by atoms with van der Waals surface area (Å²) in [4.78, 5) is 2.42. The molecule has 0 saturated carbocycles. The molecule has 1 atom stereocenters. The Kier molecular flexibility index (Phi) is 8.34. The van der Waals surface area contributed by atoms with Crippen LogP contribution in [0.25, 0.3) is 0 Å². The highest BCUT2D eigenvalue weighted by atomic mass is 79.9. The summed E-state index contributed by atoms with van der Waals surface area (Å²) in [5, 5.41) is 3.51. The Hall–Kier alpha value is -0.450. The van der Waals surface area contributed by atoms with E-state index in [9.17, 15) is 4.39 Å². The quantitative estimate of drug-likeness (QED) is 0.732. The number of nitrogens with zero attached hydrogens (tertiary/aromatic N) is 1. The maximum atomic E-state index is 13.4. The van der Waals surface area contributed by atoms with Crippen LogP contribution in [-0.4, -0.2) is 37.1 Å². The normalized spacial score (nSPS) is 12.9. The molecule has 2 nitrogen and oxygen atoms in total. The van der Waals surface area contributed by atoms with Gasteiger partial charge in [-0.25, -0.2) is 4.39 Å². The molecular weight excluding hydrogens is 319 g/mol. The average molecular weight is 345 g/mol. The highest BCUT2D eigenvalue weighted by Crippen LogP contribution is 2.20. The van der Waals surface area contributed by atoms with Gasteiger partial charge in [-0.3, -0.25) is 0 Å². The van der Waals surface area contributed by atoms with Crippen LogP contribution in [0, 0.1) is 5.82 Å². The molecule has 1 unspecified atom stereocenters. The largest absolute Gasteiger partial charge is 0.314 e. The summed E-state index contributed by atoms with van der Waals surface area (Å²) in [6.07, 6.45) is 1.94.